The number of sulfonamides is 1. The summed E-state index contributed by atoms with van der Waals surface area (Å²) in [5.74, 6) is -0.644. The molecule has 5 N–H and O–H groups in total. The van der Waals surface area contributed by atoms with Gasteiger partial charge in [0.15, 0.2) is 5.96 Å². The maximum Gasteiger partial charge on any atom is 0.323 e. The lowest BCUT2D eigenvalue weighted by molar-refractivity contribution is -0.138. The molecule has 12 heteroatoms. The maximum absolute atomic E-state index is 12.4. The van der Waals surface area contributed by atoms with Crippen molar-refractivity contribution in [1.82, 2.24) is 20.7 Å². The van der Waals surface area contributed by atoms with Crippen LogP contribution in [0.1, 0.15) is 10.4 Å². The summed E-state index contributed by atoms with van der Waals surface area (Å²) in [5, 5.41) is 18.0. The van der Waals surface area contributed by atoms with Gasteiger partial charge in [-0.1, -0.05) is 18.2 Å². The summed E-state index contributed by atoms with van der Waals surface area (Å²) in [5.41, 5.74) is 0.278. The number of guanidine groups is 1. The monoisotopic (exact) mass is 475 g/mol. The van der Waals surface area contributed by atoms with E-state index in [4.69, 9.17) is 4.74 Å². The smallest absolute Gasteiger partial charge is 0.323 e. The van der Waals surface area contributed by atoms with Gasteiger partial charge in [-0.05, 0) is 36.4 Å². The molecule has 1 heterocycles. The minimum Gasteiger partial charge on any atom is -0.492 e. The zero-order chi connectivity index (χ0) is 23.7. The molecule has 0 saturated carbocycles. The van der Waals surface area contributed by atoms with Crippen LogP contribution in [0.2, 0.25) is 0 Å². The van der Waals surface area contributed by atoms with Crippen molar-refractivity contribution in [3.05, 3.63) is 60.2 Å². The first kappa shape index (κ1) is 24.0. The molecule has 1 atom stereocenters. The minimum absolute atomic E-state index is 0.0686. The first-order valence-electron chi connectivity index (χ1n) is 10.2. The van der Waals surface area contributed by atoms with Crippen LogP contribution in [-0.4, -0.2) is 70.2 Å². The van der Waals surface area contributed by atoms with Crippen LogP contribution in [-0.2, 0) is 14.8 Å². The highest BCUT2D eigenvalue weighted by atomic mass is 32.2. The van der Waals surface area contributed by atoms with Crippen LogP contribution in [0.3, 0.4) is 0 Å². The van der Waals surface area contributed by atoms with E-state index in [1.807, 2.05) is 0 Å². The summed E-state index contributed by atoms with van der Waals surface area (Å²) in [4.78, 5) is 28.0. The number of amides is 1. The fourth-order valence-corrected chi connectivity index (χ4v) is 4.10. The number of aliphatic carboxylic acids is 1. The zero-order valence-corrected chi connectivity index (χ0v) is 18.5. The lowest BCUT2D eigenvalue weighted by atomic mass is 10.2. The Hall–Kier alpha value is -3.64. The quantitative estimate of drug-likeness (QED) is 0.279. The van der Waals surface area contributed by atoms with Gasteiger partial charge in [-0.2, -0.15) is 4.72 Å². The largest absolute Gasteiger partial charge is 0.492 e. The Kier molecular flexibility index (Phi) is 8.22. The van der Waals surface area contributed by atoms with Crippen molar-refractivity contribution < 1.29 is 27.9 Å². The van der Waals surface area contributed by atoms with Crippen molar-refractivity contribution in [3.8, 4) is 5.75 Å². The highest BCUT2D eigenvalue weighted by molar-refractivity contribution is 7.89. The van der Waals surface area contributed by atoms with Crippen molar-refractivity contribution in [1.29, 1.82) is 0 Å². The predicted molar refractivity (Wildman–Crippen MR) is 121 cm³/mol. The Morgan fingerprint density at radius 3 is 2.48 bits per heavy atom. The van der Waals surface area contributed by atoms with E-state index < -0.39 is 34.5 Å². The summed E-state index contributed by atoms with van der Waals surface area (Å²) < 4.78 is 32.4. The first-order chi connectivity index (χ1) is 15.8. The number of benzene rings is 2. The van der Waals surface area contributed by atoms with Crippen LogP contribution in [0, 0.1) is 0 Å². The third kappa shape index (κ3) is 7.19. The standard InChI is InChI=1S/C21H25N5O6S/c27-19(15-6-8-16(9-7-15)32-13-12-24-21-22-10-11-23-21)25-14-18(20(28)29)26-33(30,31)17-4-2-1-3-5-17/h1-9,18,26H,10-14H2,(H,25,27)(H,28,29)(H2,22,23,24)/t18-/m0/s1. The number of carboxylic acids is 1. The fourth-order valence-electron chi connectivity index (χ4n) is 2.89. The lowest BCUT2D eigenvalue weighted by Crippen LogP contribution is -2.48. The number of rotatable bonds is 11. The summed E-state index contributed by atoms with van der Waals surface area (Å²) in [7, 11) is -4.05. The van der Waals surface area contributed by atoms with Crippen molar-refractivity contribution in [2.45, 2.75) is 10.9 Å². The van der Waals surface area contributed by atoms with E-state index >= 15 is 0 Å². The average molecular weight is 476 g/mol. The molecule has 1 amide bonds. The van der Waals surface area contributed by atoms with E-state index in [9.17, 15) is 23.1 Å². The molecule has 176 valence electrons. The topological polar surface area (TPSA) is 158 Å². The van der Waals surface area contributed by atoms with E-state index in [-0.39, 0.29) is 10.5 Å². The molecule has 0 aliphatic carbocycles. The summed E-state index contributed by atoms with van der Waals surface area (Å²) in [6.07, 6.45) is 0. The van der Waals surface area contributed by atoms with Crippen LogP contribution >= 0.6 is 0 Å². The van der Waals surface area contributed by atoms with Crippen LogP contribution in [0.15, 0.2) is 64.5 Å². The predicted octanol–water partition coefficient (Wildman–Crippen LogP) is -0.224. The van der Waals surface area contributed by atoms with Gasteiger partial charge in [0.05, 0.1) is 18.0 Å². The van der Waals surface area contributed by atoms with Gasteiger partial charge in [0.2, 0.25) is 10.0 Å². The van der Waals surface area contributed by atoms with E-state index in [2.05, 4.69) is 25.7 Å². The highest BCUT2D eigenvalue weighted by Gasteiger charge is 2.26. The van der Waals surface area contributed by atoms with Gasteiger partial charge >= 0.3 is 5.97 Å². The van der Waals surface area contributed by atoms with Crippen molar-refractivity contribution in [3.63, 3.8) is 0 Å². The van der Waals surface area contributed by atoms with Gasteiger partial charge in [0.1, 0.15) is 18.4 Å². The first-order valence-corrected chi connectivity index (χ1v) is 11.7. The Bertz CT molecular complexity index is 1090. The highest BCUT2D eigenvalue weighted by Crippen LogP contribution is 2.12. The normalized spacial score (nSPS) is 14.0. The molecule has 0 aromatic heterocycles. The third-order valence-electron chi connectivity index (χ3n) is 4.57. The Morgan fingerprint density at radius 2 is 1.85 bits per heavy atom. The van der Waals surface area contributed by atoms with Crippen LogP contribution in [0.25, 0.3) is 0 Å². The minimum atomic E-state index is -4.05. The number of carbonyl (C=O) groups excluding carboxylic acids is 1. The average Bonchev–Trinajstić information content (AvgIpc) is 3.34. The van der Waals surface area contributed by atoms with Crippen LogP contribution in [0.5, 0.6) is 5.75 Å². The number of nitrogens with zero attached hydrogens (tertiary/aromatic N) is 1. The second-order valence-electron chi connectivity index (χ2n) is 6.99. The van der Waals surface area contributed by atoms with Gasteiger partial charge < -0.3 is 25.8 Å². The molecular weight excluding hydrogens is 450 g/mol. The molecule has 0 spiro atoms. The van der Waals surface area contributed by atoms with Crippen LogP contribution < -0.4 is 25.4 Å². The Labute approximate surface area is 191 Å². The zero-order valence-electron chi connectivity index (χ0n) is 17.7. The van der Waals surface area contributed by atoms with Gasteiger partial charge in [0.25, 0.3) is 5.91 Å². The molecular formula is C21H25N5O6S. The molecule has 3 rings (SSSR count). The number of carboxylic acid groups (broad SMARTS) is 1. The fraction of sp³-hybridized carbons (Fsp3) is 0.286. The molecule has 1 aliphatic rings. The number of aliphatic imine (C=N–C) groups is 1. The Balaban J connectivity index is 1.48. The molecule has 0 unspecified atom stereocenters. The number of ether oxygens (including phenoxy) is 1. The summed E-state index contributed by atoms with van der Waals surface area (Å²) in [6.45, 7) is 2.09. The van der Waals surface area contributed by atoms with E-state index in [0.717, 1.165) is 19.0 Å². The molecule has 0 saturated heterocycles. The van der Waals surface area contributed by atoms with Crippen molar-refractivity contribution in [2.24, 2.45) is 4.99 Å². The van der Waals surface area contributed by atoms with Gasteiger partial charge in [-0.15, -0.1) is 0 Å². The second kappa shape index (κ2) is 11.3. The van der Waals surface area contributed by atoms with Gasteiger partial charge in [-0.3, -0.25) is 14.6 Å². The molecule has 11 nitrogen and oxygen atoms in total. The molecule has 33 heavy (non-hydrogen) atoms. The molecule has 2 aromatic rings. The third-order valence-corrected chi connectivity index (χ3v) is 6.06. The Morgan fingerprint density at radius 1 is 1.12 bits per heavy atom. The number of carbonyl (C=O) groups is 2. The summed E-state index contributed by atoms with van der Waals surface area (Å²) in [6, 6.07) is 12.2. The molecule has 0 bridgehead atoms. The molecule has 2 aromatic carbocycles. The molecule has 0 fully saturated rings. The molecule has 1 aliphatic heterocycles. The second-order valence-corrected chi connectivity index (χ2v) is 8.71. The lowest BCUT2D eigenvalue weighted by Gasteiger charge is -2.16. The van der Waals surface area contributed by atoms with Crippen molar-refractivity contribution in [2.75, 3.05) is 32.8 Å². The maximum atomic E-state index is 12.4. The number of hydrogen-bond donors (Lipinski definition) is 5. The van der Waals surface area contributed by atoms with E-state index in [1.54, 1.807) is 18.2 Å². The molecule has 0 radical (unpaired) electrons. The van der Waals surface area contributed by atoms with Gasteiger partial charge in [0, 0.05) is 18.7 Å². The summed E-state index contributed by atoms with van der Waals surface area (Å²) >= 11 is 0. The van der Waals surface area contributed by atoms with E-state index in [0.29, 0.717) is 18.9 Å². The van der Waals surface area contributed by atoms with Gasteiger partial charge in [-0.25, -0.2) is 8.42 Å². The SMILES string of the molecule is O=C(NC[C@H](NS(=O)(=O)c1ccccc1)C(=O)O)c1ccc(OCCNC2=NCCN2)cc1. The number of hydrogen-bond acceptors (Lipinski definition) is 8. The van der Waals surface area contributed by atoms with Crippen molar-refractivity contribution >= 4 is 27.9 Å². The number of nitrogens with one attached hydrogen (secondary N) is 4. The van der Waals surface area contributed by atoms with E-state index in [1.165, 1.54) is 36.4 Å². The van der Waals surface area contributed by atoms with Crippen LogP contribution in [0.4, 0.5) is 0 Å².